The Labute approximate surface area is 171 Å². The summed E-state index contributed by atoms with van der Waals surface area (Å²) in [4.78, 5) is 36.8. The normalized spacial score (nSPS) is 14.0. The molecule has 0 unspecified atom stereocenters. The molecular weight excluding hydrogens is 392 g/mol. The monoisotopic (exact) mass is 412 g/mol. The smallest absolute Gasteiger partial charge is 0.234 e. The lowest BCUT2D eigenvalue weighted by molar-refractivity contribution is -0.117. The highest BCUT2D eigenvalue weighted by Gasteiger charge is 2.21. The number of benzene rings is 1. The van der Waals surface area contributed by atoms with Crippen LogP contribution in [0.4, 0.5) is 11.4 Å². The third-order valence-electron chi connectivity index (χ3n) is 4.57. The molecule has 1 aliphatic rings. The van der Waals surface area contributed by atoms with Crippen LogP contribution in [-0.2, 0) is 16.0 Å². The third kappa shape index (κ3) is 4.02. The minimum Gasteiger partial charge on any atom is -0.325 e. The summed E-state index contributed by atoms with van der Waals surface area (Å²) >= 11 is 3.08. The summed E-state index contributed by atoms with van der Waals surface area (Å²) in [6, 6.07) is 9.52. The zero-order chi connectivity index (χ0) is 19.5. The molecule has 1 saturated heterocycles. The molecule has 0 bridgehead atoms. The first kappa shape index (κ1) is 18.9. The number of hydrogen-bond donors (Lipinski definition) is 1. The van der Waals surface area contributed by atoms with Crippen LogP contribution < -0.4 is 10.2 Å². The zero-order valence-corrected chi connectivity index (χ0v) is 17.1. The van der Waals surface area contributed by atoms with Crippen LogP contribution in [0.1, 0.15) is 24.6 Å². The molecule has 3 aromatic rings. The maximum atomic E-state index is 12.3. The SMILES string of the molecule is CCc1cc2c(SCC(=O)Nc3ccc(N4CCCC4=O)cc3)ncnc2s1. The Balaban J connectivity index is 1.37. The van der Waals surface area contributed by atoms with Crippen LogP contribution in [-0.4, -0.2) is 34.1 Å². The van der Waals surface area contributed by atoms with Crippen LogP contribution in [0.5, 0.6) is 0 Å². The number of hydrogen-bond acceptors (Lipinski definition) is 6. The minimum absolute atomic E-state index is 0.0901. The Morgan fingerprint density at radius 3 is 2.82 bits per heavy atom. The molecule has 0 saturated carbocycles. The van der Waals surface area contributed by atoms with Gasteiger partial charge in [-0.25, -0.2) is 9.97 Å². The molecule has 8 heteroatoms. The van der Waals surface area contributed by atoms with Gasteiger partial charge in [0.15, 0.2) is 0 Å². The van der Waals surface area contributed by atoms with E-state index in [4.69, 9.17) is 0 Å². The highest BCUT2D eigenvalue weighted by molar-refractivity contribution is 8.00. The number of anilines is 2. The third-order valence-corrected chi connectivity index (χ3v) is 6.76. The quantitative estimate of drug-likeness (QED) is 0.487. The molecule has 28 heavy (non-hydrogen) atoms. The summed E-state index contributed by atoms with van der Waals surface area (Å²) in [6.07, 6.45) is 4.02. The van der Waals surface area contributed by atoms with Crippen LogP contribution in [0.2, 0.25) is 0 Å². The number of nitrogens with one attached hydrogen (secondary N) is 1. The van der Waals surface area contributed by atoms with E-state index in [-0.39, 0.29) is 17.6 Å². The van der Waals surface area contributed by atoms with Gasteiger partial charge in [0, 0.05) is 34.6 Å². The van der Waals surface area contributed by atoms with Gasteiger partial charge in [0.2, 0.25) is 11.8 Å². The molecule has 2 aromatic heterocycles. The Kier molecular flexibility index (Phi) is 5.59. The Morgan fingerprint density at radius 2 is 2.11 bits per heavy atom. The van der Waals surface area contributed by atoms with Crippen molar-refractivity contribution in [3.05, 3.63) is 41.5 Å². The van der Waals surface area contributed by atoms with Gasteiger partial charge in [-0.2, -0.15) is 0 Å². The standard InChI is InChI=1S/C20H20N4O2S2/c1-2-15-10-16-19(21-12-22-20(16)28-15)27-11-17(25)23-13-5-7-14(8-6-13)24-9-3-4-18(24)26/h5-8,10,12H,2-4,9,11H2,1H3,(H,23,25). The first-order valence-corrected chi connectivity index (χ1v) is 11.0. The van der Waals surface area contributed by atoms with Crippen molar-refractivity contribution in [3.63, 3.8) is 0 Å². The van der Waals surface area contributed by atoms with E-state index in [0.717, 1.165) is 46.0 Å². The van der Waals surface area contributed by atoms with Gasteiger partial charge < -0.3 is 10.2 Å². The van der Waals surface area contributed by atoms with E-state index >= 15 is 0 Å². The Hall–Kier alpha value is -2.45. The van der Waals surface area contributed by atoms with E-state index in [2.05, 4.69) is 28.3 Å². The number of nitrogens with zero attached hydrogens (tertiary/aromatic N) is 3. The van der Waals surface area contributed by atoms with Crippen molar-refractivity contribution in [2.75, 3.05) is 22.5 Å². The number of rotatable bonds is 6. The largest absolute Gasteiger partial charge is 0.325 e. The summed E-state index contributed by atoms with van der Waals surface area (Å²) in [5.74, 6) is 0.340. The number of thiophene rings is 1. The molecule has 1 aliphatic heterocycles. The van der Waals surface area contributed by atoms with E-state index < -0.39 is 0 Å². The molecule has 0 atom stereocenters. The van der Waals surface area contributed by atoms with E-state index in [1.165, 1.54) is 16.6 Å². The maximum Gasteiger partial charge on any atom is 0.234 e. The average molecular weight is 413 g/mol. The molecule has 3 heterocycles. The van der Waals surface area contributed by atoms with Gasteiger partial charge in [-0.3, -0.25) is 9.59 Å². The second kappa shape index (κ2) is 8.28. The summed E-state index contributed by atoms with van der Waals surface area (Å²) in [7, 11) is 0. The van der Waals surface area contributed by atoms with Gasteiger partial charge in [-0.05, 0) is 43.2 Å². The van der Waals surface area contributed by atoms with Crippen molar-refractivity contribution in [1.29, 1.82) is 0 Å². The van der Waals surface area contributed by atoms with Gasteiger partial charge in [-0.15, -0.1) is 11.3 Å². The number of aromatic nitrogens is 2. The topological polar surface area (TPSA) is 75.2 Å². The van der Waals surface area contributed by atoms with Crippen molar-refractivity contribution >= 4 is 56.5 Å². The number of amides is 2. The number of carbonyl (C=O) groups is 2. The molecule has 1 N–H and O–H groups in total. The van der Waals surface area contributed by atoms with Gasteiger partial charge in [0.05, 0.1) is 5.75 Å². The molecule has 4 rings (SSSR count). The maximum absolute atomic E-state index is 12.3. The zero-order valence-electron chi connectivity index (χ0n) is 15.5. The summed E-state index contributed by atoms with van der Waals surface area (Å²) in [5.41, 5.74) is 1.60. The second-order valence-corrected chi connectivity index (χ2v) is 8.58. The van der Waals surface area contributed by atoms with E-state index in [9.17, 15) is 9.59 Å². The predicted molar refractivity (Wildman–Crippen MR) is 114 cm³/mol. The van der Waals surface area contributed by atoms with Crippen molar-refractivity contribution in [2.45, 2.75) is 31.2 Å². The van der Waals surface area contributed by atoms with Crippen LogP contribution in [0.3, 0.4) is 0 Å². The van der Waals surface area contributed by atoms with Crippen molar-refractivity contribution < 1.29 is 9.59 Å². The molecule has 2 amide bonds. The van der Waals surface area contributed by atoms with Crippen molar-refractivity contribution in [3.8, 4) is 0 Å². The van der Waals surface area contributed by atoms with Gasteiger partial charge in [-0.1, -0.05) is 18.7 Å². The van der Waals surface area contributed by atoms with Crippen molar-refractivity contribution in [2.24, 2.45) is 0 Å². The molecule has 1 fully saturated rings. The fourth-order valence-electron chi connectivity index (χ4n) is 3.15. The number of fused-ring (bicyclic) bond motifs is 1. The average Bonchev–Trinajstić information content (AvgIpc) is 3.33. The number of carbonyl (C=O) groups excluding carboxylic acids is 2. The number of aryl methyl sites for hydroxylation is 1. The minimum atomic E-state index is -0.0901. The molecule has 0 spiro atoms. The first-order valence-electron chi connectivity index (χ1n) is 9.20. The lowest BCUT2D eigenvalue weighted by Crippen LogP contribution is -2.23. The Morgan fingerprint density at radius 1 is 1.29 bits per heavy atom. The highest BCUT2D eigenvalue weighted by Crippen LogP contribution is 2.31. The lowest BCUT2D eigenvalue weighted by Gasteiger charge is -2.16. The molecule has 1 aromatic carbocycles. The van der Waals surface area contributed by atoms with Crippen LogP contribution in [0.15, 0.2) is 41.7 Å². The molecule has 144 valence electrons. The van der Waals surface area contributed by atoms with E-state index in [0.29, 0.717) is 6.42 Å². The summed E-state index contributed by atoms with van der Waals surface area (Å²) in [6.45, 7) is 2.88. The highest BCUT2D eigenvalue weighted by atomic mass is 32.2. The first-order chi connectivity index (χ1) is 13.6. The van der Waals surface area contributed by atoms with Crippen molar-refractivity contribution in [1.82, 2.24) is 9.97 Å². The fraction of sp³-hybridized carbons (Fsp3) is 0.300. The predicted octanol–water partition coefficient (Wildman–Crippen LogP) is 4.11. The Bertz CT molecular complexity index is 1020. The lowest BCUT2D eigenvalue weighted by atomic mass is 10.2. The summed E-state index contributed by atoms with van der Waals surface area (Å²) < 4.78 is 0. The van der Waals surface area contributed by atoms with Crippen LogP contribution in [0, 0.1) is 0 Å². The molecule has 0 aliphatic carbocycles. The van der Waals surface area contributed by atoms with E-state index in [1.54, 1.807) is 22.6 Å². The molecule has 0 radical (unpaired) electrons. The van der Waals surface area contributed by atoms with Gasteiger partial charge in [0.25, 0.3) is 0 Å². The van der Waals surface area contributed by atoms with Crippen LogP contribution >= 0.6 is 23.1 Å². The fourth-order valence-corrected chi connectivity index (χ4v) is 4.92. The van der Waals surface area contributed by atoms with E-state index in [1.807, 2.05) is 24.3 Å². The number of thioether (sulfide) groups is 1. The van der Waals surface area contributed by atoms with Gasteiger partial charge in [0.1, 0.15) is 16.2 Å². The molecule has 6 nitrogen and oxygen atoms in total. The second-order valence-electron chi connectivity index (χ2n) is 6.50. The van der Waals surface area contributed by atoms with Gasteiger partial charge >= 0.3 is 0 Å². The molecular formula is C20H20N4O2S2. The summed E-state index contributed by atoms with van der Waals surface area (Å²) in [5, 5.41) is 4.75. The van der Waals surface area contributed by atoms with Crippen LogP contribution in [0.25, 0.3) is 10.2 Å².